The number of aldehydes is 1. The van der Waals surface area contributed by atoms with E-state index in [2.05, 4.69) is 4.98 Å². The second-order valence-corrected chi connectivity index (χ2v) is 4.81. The van der Waals surface area contributed by atoms with Crippen LogP contribution in [0.25, 0.3) is 16.9 Å². The monoisotopic (exact) mass is 280 g/mol. The summed E-state index contributed by atoms with van der Waals surface area (Å²) in [5.74, 6) is 0.814. The van der Waals surface area contributed by atoms with Crippen LogP contribution in [0.2, 0.25) is 0 Å². The lowest BCUT2D eigenvalue weighted by Gasteiger charge is -2.03. The fourth-order valence-corrected chi connectivity index (χ4v) is 2.42. The molecule has 21 heavy (non-hydrogen) atoms. The molecule has 0 unspecified atom stereocenters. The zero-order chi connectivity index (χ0) is 14.8. The van der Waals surface area contributed by atoms with E-state index in [1.54, 1.807) is 0 Å². The molecule has 0 fully saturated rings. The first kappa shape index (κ1) is 13.4. The van der Waals surface area contributed by atoms with Crippen LogP contribution in [0.1, 0.15) is 23.0 Å². The Bertz CT molecular complexity index is 788. The highest BCUT2D eigenvalue weighted by Crippen LogP contribution is 2.26. The number of fused-ring (bicyclic) bond motifs is 1. The number of imidazole rings is 1. The van der Waals surface area contributed by atoms with Crippen LogP contribution in [0.3, 0.4) is 0 Å². The third-order valence-corrected chi connectivity index (χ3v) is 3.43. The predicted octanol–water partition coefficient (Wildman–Crippen LogP) is 3.52. The maximum absolute atomic E-state index is 11.5. The van der Waals surface area contributed by atoms with Gasteiger partial charge in [-0.3, -0.25) is 9.20 Å². The van der Waals surface area contributed by atoms with Crippen LogP contribution in [0.5, 0.6) is 5.75 Å². The lowest BCUT2D eigenvalue weighted by atomic mass is 10.1. The Morgan fingerprint density at radius 3 is 2.67 bits per heavy atom. The normalized spacial score (nSPS) is 10.8. The van der Waals surface area contributed by atoms with Crippen LogP contribution in [-0.4, -0.2) is 22.3 Å². The highest BCUT2D eigenvalue weighted by molar-refractivity contribution is 5.86. The van der Waals surface area contributed by atoms with Crippen molar-refractivity contribution in [2.45, 2.75) is 13.8 Å². The summed E-state index contributed by atoms with van der Waals surface area (Å²) in [6.45, 7) is 4.56. The van der Waals surface area contributed by atoms with E-state index < -0.39 is 0 Å². The Labute approximate surface area is 123 Å². The third-order valence-electron chi connectivity index (χ3n) is 3.43. The summed E-state index contributed by atoms with van der Waals surface area (Å²) in [5.41, 5.74) is 4.02. The summed E-state index contributed by atoms with van der Waals surface area (Å²) in [4.78, 5) is 16.1. The molecule has 0 saturated heterocycles. The first-order chi connectivity index (χ1) is 10.2. The van der Waals surface area contributed by atoms with Gasteiger partial charge in [0.1, 0.15) is 22.8 Å². The van der Waals surface area contributed by atoms with Gasteiger partial charge in [0.2, 0.25) is 0 Å². The minimum atomic E-state index is 0.567. The van der Waals surface area contributed by atoms with Gasteiger partial charge in [0.15, 0.2) is 6.29 Å². The number of benzene rings is 1. The number of pyridine rings is 1. The molecule has 0 spiro atoms. The summed E-state index contributed by atoms with van der Waals surface area (Å²) >= 11 is 0. The van der Waals surface area contributed by atoms with Gasteiger partial charge in [0.25, 0.3) is 0 Å². The average molecular weight is 280 g/mol. The molecule has 0 bridgehead atoms. The van der Waals surface area contributed by atoms with Crippen molar-refractivity contribution in [3.05, 3.63) is 53.9 Å². The Morgan fingerprint density at radius 2 is 2.00 bits per heavy atom. The summed E-state index contributed by atoms with van der Waals surface area (Å²) in [6, 6.07) is 11.5. The van der Waals surface area contributed by atoms with Crippen LogP contribution in [0, 0.1) is 6.92 Å². The van der Waals surface area contributed by atoms with E-state index in [1.807, 2.05) is 60.8 Å². The molecule has 0 amide bonds. The fourth-order valence-electron chi connectivity index (χ4n) is 2.42. The van der Waals surface area contributed by atoms with Gasteiger partial charge < -0.3 is 4.74 Å². The molecule has 4 heteroatoms. The quantitative estimate of drug-likeness (QED) is 0.687. The Kier molecular flexibility index (Phi) is 3.44. The molecule has 0 aliphatic rings. The summed E-state index contributed by atoms with van der Waals surface area (Å²) in [6.07, 6.45) is 2.71. The number of carbonyl (C=O) groups excluding carboxylic acids is 1. The molecule has 106 valence electrons. The molecule has 0 atom stereocenters. The highest BCUT2D eigenvalue weighted by Gasteiger charge is 2.14. The van der Waals surface area contributed by atoms with Gasteiger partial charge in [-0.05, 0) is 49.7 Å². The topological polar surface area (TPSA) is 43.6 Å². The molecule has 0 saturated carbocycles. The van der Waals surface area contributed by atoms with Gasteiger partial charge >= 0.3 is 0 Å². The Balaban J connectivity index is 2.15. The largest absolute Gasteiger partial charge is 0.494 e. The molecule has 4 nitrogen and oxygen atoms in total. The molecule has 2 aromatic heterocycles. The number of ether oxygens (including phenoxy) is 1. The van der Waals surface area contributed by atoms with Crippen molar-refractivity contribution in [3.8, 4) is 17.0 Å². The molecule has 1 aromatic carbocycles. The first-order valence-electron chi connectivity index (χ1n) is 6.90. The predicted molar refractivity (Wildman–Crippen MR) is 81.9 cm³/mol. The van der Waals surface area contributed by atoms with Crippen molar-refractivity contribution in [2.24, 2.45) is 0 Å². The molecule has 0 aliphatic heterocycles. The summed E-state index contributed by atoms with van der Waals surface area (Å²) in [7, 11) is 0. The second-order valence-electron chi connectivity index (χ2n) is 4.81. The third kappa shape index (κ3) is 2.29. The molecular formula is C17H16N2O2. The number of aryl methyl sites for hydroxylation is 1. The van der Waals surface area contributed by atoms with Crippen molar-refractivity contribution in [2.75, 3.05) is 6.61 Å². The van der Waals surface area contributed by atoms with E-state index in [0.29, 0.717) is 18.0 Å². The fraction of sp³-hybridized carbons (Fsp3) is 0.176. The van der Waals surface area contributed by atoms with E-state index in [1.165, 1.54) is 0 Å². The smallest absolute Gasteiger partial charge is 0.169 e. The van der Waals surface area contributed by atoms with E-state index in [0.717, 1.165) is 28.8 Å². The van der Waals surface area contributed by atoms with Crippen LogP contribution >= 0.6 is 0 Å². The highest BCUT2D eigenvalue weighted by atomic mass is 16.5. The van der Waals surface area contributed by atoms with E-state index >= 15 is 0 Å². The molecule has 0 N–H and O–H groups in total. The van der Waals surface area contributed by atoms with E-state index in [-0.39, 0.29) is 0 Å². The molecule has 3 rings (SSSR count). The second kappa shape index (κ2) is 5.40. The zero-order valence-corrected chi connectivity index (χ0v) is 12.0. The van der Waals surface area contributed by atoms with Crippen LogP contribution in [-0.2, 0) is 0 Å². The van der Waals surface area contributed by atoms with E-state index in [9.17, 15) is 4.79 Å². The zero-order valence-electron chi connectivity index (χ0n) is 12.0. The van der Waals surface area contributed by atoms with Crippen molar-refractivity contribution in [1.82, 2.24) is 9.38 Å². The van der Waals surface area contributed by atoms with Crippen LogP contribution < -0.4 is 4.74 Å². The molecule has 3 aromatic rings. The van der Waals surface area contributed by atoms with Gasteiger partial charge in [0, 0.05) is 11.8 Å². The number of aromatic nitrogens is 2. The van der Waals surface area contributed by atoms with Gasteiger partial charge in [0.05, 0.1) is 6.61 Å². The van der Waals surface area contributed by atoms with Gasteiger partial charge in [-0.25, -0.2) is 4.98 Å². The number of carbonyl (C=O) groups is 1. The van der Waals surface area contributed by atoms with Gasteiger partial charge in [-0.1, -0.05) is 6.07 Å². The minimum Gasteiger partial charge on any atom is -0.494 e. The Morgan fingerprint density at radius 1 is 1.24 bits per heavy atom. The molecule has 0 radical (unpaired) electrons. The van der Waals surface area contributed by atoms with Crippen molar-refractivity contribution < 1.29 is 9.53 Å². The average Bonchev–Trinajstić information content (AvgIpc) is 2.88. The van der Waals surface area contributed by atoms with Gasteiger partial charge in [-0.2, -0.15) is 0 Å². The standard InChI is InChI=1S/C17H16N2O2/c1-3-21-14-8-6-13(7-9-14)16-15(11-20)19-10-4-5-12(2)17(19)18-16/h4-11H,3H2,1-2H3. The SMILES string of the molecule is CCOc1ccc(-c2nc3c(C)cccn3c2C=O)cc1. The van der Waals surface area contributed by atoms with Crippen LogP contribution in [0.15, 0.2) is 42.6 Å². The van der Waals surface area contributed by atoms with Crippen molar-refractivity contribution in [3.63, 3.8) is 0 Å². The number of hydrogen-bond acceptors (Lipinski definition) is 3. The molecule has 0 aliphatic carbocycles. The molecule has 2 heterocycles. The summed E-state index contributed by atoms with van der Waals surface area (Å²) in [5, 5.41) is 0. The van der Waals surface area contributed by atoms with Crippen LogP contribution in [0.4, 0.5) is 0 Å². The summed E-state index contributed by atoms with van der Waals surface area (Å²) < 4.78 is 7.26. The maximum atomic E-state index is 11.5. The Hall–Kier alpha value is -2.62. The van der Waals surface area contributed by atoms with Gasteiger partial charge in [-0.15, -0.1) is 0 Å². The maximum Gasteiger partial charge on any atom is 0.169 e. The molecular weight excluding hydrogens is 264 g/mol. The van der Waals surface area contributed by atoms with E-state index in [4.69, 9.17) is 4.74 Å². The van der Waals surface area contributed by atoms with Crippen molar-refractivity contribution >= 4 is 11.9 Å². The number of nitrogens with zero attached hydrogens (tertiary/aromatic N) is 2. The number of rotatable bonds is 4. The number of hydrogen-bond donors (Lipinski definition) is 0. The minimum absolute atomic E-state index is 0.567. The van der Waals surface area contributed by atoms with Crippen molar-refractivity contribution in [1.29, 1.82) is 0 Å². The first-order valence-corrected chi connectivity index (χ1v) is 6.90. The lowest BCUT2D eigenvalue weighted by Crippen LogP contribution is -1.93. The lowest BCUT2D eigenvalue weighted by molar-refractivity contribution is 0.111.